The molecule has 19 heavy (non-hydrogen) atoms. The van der Waals surface area contributed by atoms with Crippen LogP contribution in [0.4, 0.5) is 29.5 Å². The molecule has 5 nitrogen and oxygen atoms in total. The molecule has 0 atom stereocenters. The van der Waals surface area contributed by atoms with Crippen molar-refractivity contribution in [1.82, 2.24) is 9.78 Å². The van der Waals surface area contributed by atoms with E-state index in [9.17, 15) is 18.0 Å². The van der Waals surface area contributed by atoms with Crippen LogP contribution in [0.25, 0.3) is 0 Å². The number of hydrogen-bond acceptors (Lipinski definition) is 2. The molecule has 2 aromatic rings. The summed E-state index contributed by atoms with van der Waals surface area (Å²) in [5.74, 6) is -4.06. The van der Waals surface area contributed by atoms with Crippen LogP contribution in [0.15, 0.2) is 24.4 Å². The third-order valence-electron chi connectivity index (χ3n) is 2.35. The monoisotopic (exact) mass is 270 g/mol. The van der Waals surface area contributed by atoms with Gasteiger partial charge in [0.2, 0.25) is 0 Å². The Bertz CT molecular complexity index is 626. The highest BCUT2D eigenvalue weighted by molar-refractivity contribution is 5.99. The Hall–Kier alpha value is -2.51. The quantitative estimate of drug-likeness (QED) is 0.824. The molecule has 1 aromatic heterocycles. The predicted molar refractivity (Wildman–Crippen MR) is 62.2 cm³/mol. The van der Waals surface area contributed by atoms with Gasteiger partial charge in [0.05, 0.1) is 11.9 Å². The standard InChI is InChI=1S/C11H9F3N4O/c1-18-8(4-5-15-18)17-11(19)16-7-3-2-6(12)9(13)10(7)14/h2-5H,1H3,(H2,16,17,19). The van der Waals surface area contributed by atoms with E-state index in [4.69, 9.17) is 0 Å². The van der Waals surface area contributed by atoms with Crippen molar-refractivity contribution in [3.63, 3.8) is 0 Å². The second-order valence-electron chi connectivity index (χ2n) is 3.64. The van der Waals surface area contributed by atoms with E-state index in [1.807, 2.05) is 0 Å². The molecule has 0 saturated carbocycles. The van der Waals surface area contributed by atoms with Gasteiger partial charge in [0, 0.05) is 13.1 Å². The lowest BCUT2D eigenvalue weighted by Gasteiger charge is -2.08. The second-order valence-corrected chi connectivity index (χ2v) is 3.64. The van der Waals surface area contributed by atoms with Gasteiger partial charge in [0.15, 0.2) is 17.5 Å². The number of carbonyl (C=O) groups excluding carboxylic acids is 1. The van der Waals surface area contributed by atoms with Gasteiger partial charge in [0.1, 0.15) is 5.82 Å². The second kappa shape index (κ2) is 5.01. The van der Waals surface area contributed by atoms with Crippen LogP contribution in [0, 0.1) is 17.5 Å². The van der Waals surface area contributed by atoms with Gasteiger partial charge in [0.25, 0.3) is 0 Å². The van der Waals surface area contributed by atoms with E-state index in [1.54, 1.807) is 7.05 Å². The van der Waals surface area contributed by atoms with Crippen LogP contribution in [0.1, 0.15) is 0 Å². The molecule has 0 bridgehead atoms. The molecule has 0 aliphatic heterocycles. The van der Waals surface area contributed by atoms with Crippen LogP contribution in [0.5, 0.6) is 0 Å². The summed E-state index contributed by atoms with van der Waals surface area (Å²) in [7, 11) is 1.59. The fourth-order valence-electron chi connectivity index (χ4n) is 1.39. The Morgan fingerprint density at radius 2 is 1.89 bits per heavy atom. The summed E-state index contributed by atoms with van der Waals surface area (Å²) in [5, 5.41) is 8.25. The molecule has 100 valence electrons. The highest BCUT2D eigenvalue weighted by Crippen LogP contribution is 2.19. The number of rotatable bonds is 2. The maximum absolute atomic E-state index is 13.3. The number of amides is 2. The Kier molecular flexibility index (Phi) is 3.41. The zero-order chi connectivity index (χ0) is 14.0. The normalized spacial score (nSPS) is 10.3. The zero-order valence-corrected chi connectivity index (χ0v) is 9.75. The van der Waals surface area contributed by atoms with E-state index < -0.39 is 29.2 Å². The summed E-state index contributed by atoms with van der Waals surface area (Å²) in [6, 6.07) is 2.36. The first-order chi connectivity index (χ1) is 8.99. The van der Waals surface area contributed by atoms with Crippen LogP contribution >= 0.6 is 0 Å². The fraction of sp³-hybridized carbons (Fsp3) is 0.0909. The van der Waals surface area contributed by atoms with Gasteiger partial charge < -0.3 is 5.32 Å². The number of halogens is 3. The largest absolute Gasteiger partial charge is 0.324 e. The van der Waals surface area contributed by atoms with Gasteiger partial charge >= 0.3 is 6.03 Å². The van der Waals surface area contributed by atoms with Crippen LogP contribution in [0.2, 0.25) is 0 Å². The number of aromatic nitrogens is 2. The molecule has 0 saturated heterocycles. The van der Waals surface area contributed by atoms with Crippen molar-refractivity contribution in [2.45, 2.75) is 0 Å². The van der Waals surface area contributed by atoms with E-state index in [1.165, 1.54) is 16.9 Å². The van der Waals surface area contributed by atoms with Crippen LogP contribution < -0.4 is 10.6 Å². The number of anilines is 2. The predicted octanol–water partition coefficient (Wildman–Crippen LogP) is 2.48. The zero-order valence-electron chi connectivity index (χ0n) is 9.75. The summed E-state index contributed by atoms with van der Waals surface area (Å²) in [4.78, 5) is 11.5. The van der Waals surface area contributed by atoms with Crippen LogP contribution in [0.3, 0.4) is 0 Å². The number of nitrogens with one attached hydrogen (secondary N) is 2. The molecule has 2 amide bonds. The summed E-state index contributed by atoms with van der Waals surface area (Å²) in [5.41, 5.74) is -0.460. The van der Waals surface area contributed by atoms with Crippen molar-refractivity contribution >= 4 is 17.5 Å². The van der Waals surface area contributed by atoms with E-state index in [0.717, 1.165) is 12.1 Å². The van der Waals surface area contributed by atoms with Crippen molar-refractivity contribution in [3.05, 3.63) is 41.8 Å². The summed E-state index contributed by atoms with van der Waals surface area (Å²) in [6.45, 7) is 0. The lowest BCUT2D eigenvalue weighted by atomic mass is 10.3. The van der Waals surface area contributed by atoms with Gasteiger partial charge in [-0.2, -0.15) is 5.10 Å². The topological polar surface area (TPSA) is 59.0 Å². The van der Waals surface area contributed by atoms with E-state index >= 15 is 0 Å². The first-order valence-corrected chi connectivity index (χ1v) is 5.18. The van der Waals surface area contributed by atoms with Gasteiger partial charge in [-0.3, -0.25) is 10.00 Å². The number of nitrogens with zero attached hydrogens (tertiary/aromatic N) is 2. The number of urea groups is 1. The smallest absolute Gasteiger partial charge is 0.305 e. The molecule has 0 aliphatic carbocycles. The highest BCUT2D eigenvalue weighted by Gasteiger charge is 2.15. The third-order valence-corrected chi connectivity index (χ3v) is 2.35. The fourth-order valence-corrected chi connectivity index (χ4v) is 1.39. The minimum absolute atomic E-state index is 0.362. The van der Waals surface area contributed by atoms with Gasteiger partial charge in [-0.15, -0.1) is 0 Å². The van der Waals surface area contributed by atoms with E-state index in [-0.39, 0.29) is 0 Å². The lowest BCUT2D eigenvalue weighted by molar-refractivity contribution is 0.262. The van der Waals surface area contributed by atoms with E-state index in [2.05, 4.69) is 15.7 Å². The van der Waals surface area contributed by atoms with Crippen molar-refractivity contribution in [1.29, 1.82) is 0 Å². The number of hydrogen-bond donors (Lipinski definition) is 2. The van der Waals surface area contributed by atoms with Gasteiger partial charge in [-0.1, -0.05) is 0 Å². The summed E-state index contributed by atoms with van der Waals surface area (Å²) < 4.78 is 40.3. The Balaban J connectivity index is 2.12. The molecule has 8 heteroatoms. The average Bonchev–Trinajstić information content (AvgIpc) is 2.76. The first-order valence-electron chi connectivity index (χ1n) is 5.18. The molecule has 1 aromatic carbocycles. The molecule has 0 radical (unpaired) electrons. The Morgan fingerprint density at radius 1 is 1.16 bits per heavy atom. The maximum Gasteiger partial charge on any atom is 0.324 e. The van der Waals surface area contributed by atoms with Crippen LogP contribution in [-0.2, 0) is 7.05 Å². The first kappa shape index (κ1) is 12.9. The summed E-state index contributed by atoms with van der Waals surface area (Å²) in [6.07, 6.45) is 1.45. The average molecular weight is 270 g/mol. The molecular weight excluding hydrogens is 261 g/mol. The van der Waals surface area contributed by atoms with Crippen molar-refractivity contribution < 1.29 is 18.0 Å². The number of aryl methyl sites for hydroxylation is 1. The van der Waals surface area contributed by atoms with Crippen molar-refractivity contribution in [2.24, 2.45) is 7.05 Å². The van der Waals surface area contributed by atoms with E-state index in [0.29, 0.717) is 5.82 Å². The summed E-state index contributed by atoms with van der Waals surface area (Å²) >= 11 is 0. The van der Waals surface area contributed by atoms with Gasteiger partial charge in [-0.25, -0.2) is 18.0 Å². The van der Waals surface area contributed by atoms with Crippen molar-refractivity contribution in [2.75, 3.05) is 10.6 Å². The Labute approximate surface area is 106 Å². The molecule has 0 fully saturated rings. The third kappa shape index (κ3) is 2.67. The van der Waals surface area contributed by atoms with Crippen molar-refractivity contribution in [3.8, 4) is 0 Å². The molecule has 2 N–H and O–H groups in total. The highest BCUT2D eigenvalue weighted by atomic mass is 19.2. The van der Waals surface area contributed by atoms with Gasteiger partial charge in [-0.05, 0) is 12.1 Å². The SMILES string of the molecule is Cn1nccc1NC(=O)Nc1ccc(F)c(F)c1F. The minimum Gasteiger partial charge on any atom is -0.305 e. The number of benzene rings is 1. The molecule has 0 aliphatic rings. The Morgan fingerprint density at radius 3 is 2.53 bits per heavy atom. The molecular formula is C11H9F3N4O. The lowest BCUT2D eigenvalue weighted by Crippen LogP contribution is -2.22. The minimum atomic E-state index is -1.64. The molecule has 1 heterocycles. The maximum atomic E-state index is 13.3. The van der Waals surface area contributed by atoms with Crippen LogP contribution in [-0.4, -0.2) is 15.8 Å². The molecule has 0 unspecified atom stereocenters. The molecule has 2 rings (SSSR count). The number of carbonyl (C=O) groups is 1. The molecule has 0 spiro atoms.